The number of aromatic nitrogens is 2. The Labute approximate surface area is 168 Å². The Balaban J connectivity index is 1.47. The highest BCUT2D eigenvalue weighted by atomic mass is 19.1. The molecule has 0 saturated carbocycles. The van der Waals surface area contributed by atoms with Crippen molar-refractivity contribution in [1.82, 2.24) is 19.8 Å². The molecule has 1 aliphatic heterocycles. The molecule has 0 aliphatic carbocycles. The van der Waals surface area contributed by atoms with E-state index in [-0.39, 0.29) is 23.9 Å². The summed E-state index contributed by atoms with van der Waals surface area (Å²) in [4.78, 5) is 31.6. The quantitative estimate of drug-likeness (QED) is 0.698. The summed E-state index contributed by atoms with van der Waals surface area (Å²) in [6.45, 7) is 2.33. The standard InChI is InChI=1S/C22H23FN4O2/c23-17-8-9-19-18(12-17)22(29)27(15-25-19)14-21(28)24-13-20(26-10-4-5-11-26)16-6-2-1-3-7-16/h1-3,6-9,12,15,20H,4-5,10-11,13-14H2,(H,24,28). The predicted molar refractivity (Wildman–Crippen MR) is 109 cm³/mol. The molecule has 1 unspecified atom stereocenters. The van der Waals surface area contributed by atoms with E-state index in [2.05, 4.69) is 27.3 Å². The molecule has 1 aromatic heterocycles. The van der Waals surface area contributed by atoms with Crippen molar-refractivity contribution in [3.8, 4) is 0 Å². The molecule has 1 aliphatic rings. The maximum Gasteiger partial charge on any atom is 0.261 e. The first kappa shape index (κ1) is 19.3. The van der Waals surface area contributed by atoms with Crippen molar-refractivity contribution in [2.45, 2.75) is 25.4 Å². The van der Waals surface area contributed by atoms with Crippen LogP contribution in [0.4, 0.5) is 4.39 Å². The van der Waals surface area contributed by atoms with Crippen molar-refractivity contribution < 1.29 is 9.18 Å². The zero-order valence-electron chi connectivity index (χ0n) is 16.1. The lowest BCUT2D eigenvalue weighted by Crippen LogP contribution is -2.39. The number of nitrogens with zero attached hydrogens (tertiary/aromatic N) is 3. The van der Waals surface area contributed by atoms with Crippen LogP contribution < -0.4 is 10.9 Å². The van der Waals surface area contributed by atoms with Gasteiger partial charge in [0.15, 0.2) is 0 Å². The number of benzene rings is 2. The molecule has 29 heavy (non-hydrogen) atoms. The van der Waals surface area contributed by atoms with Crippen molar-refractivity contribution in [2.75, 3.05) is 19.6 Å². The van der Waals surface area contributed by atoms with Gasteiger partial charge in [0.05, 0.1) is 23.3 Å². The molecule has 0 radical (unpaired) electrons. The van der Waals surface area contributed by atoms with Crippen LogP contribution in [0.5, 0.6) is 0 Å². The highest BCUT2D eigenvalue weighted by molar-refractivity contribution is 5.79. The highest BCUT2D eigenvalue weighted by Gasteiger charge is 2.23. The lowest BCUT2D eigenvalue weighted by molar-refractivity contribution is -0.122. The lowest BCUT2D eigenvalue weighted by Gasteiger charge is -2.28. The maximum atomic E-state index is 13.5. The van der Waals surface area contributed by atoms with E-state index in [1.54, 1.807) is 0 Å². The van der Waals surface area contributed by atoms with E-state index in [4.69, 9.17) is 0 Å². The van der Waals surface area contributed by atoms with Gasteiger partial charge in [0.1, 0.15) is 12.4 Å². The predicted octanol–water partition coefficient (Wildman–Crippen LogP) is 2.49. The van der Waals surface area contributed by atoms with Gasteiger partial charge in [0.2, 0.25) is 5.91 Å². The van der Waals surface area contributed by atoms with Gasteiger partial charge in [0, 0.05) is 6.54 Å². The molecule has 1 N–H and O–H groups in total. The van der Waals surface area contributed by atoms with E-state index in [9.17, 15) is 14.0 Å². The first-order valence-electron chi connectivity index (χ1n) is 9.82. The second-order valence-corrected chi connectivity index (χ2v) is 7.31. The lowest BCUT2D eigenvalue weighted by atomic mass is 10.1. The number of rotatable bonds is 6. The van der Waals surface area contributed by atoms with Gasteiger partial charge in [-0.25, -0.2) is 9.37 Å². The maximum absolute atomic E-state index is 13.5. The summed E-state index contributed by atoms with van der Waals surface area (Å²) in [6.07, 6.45) is 3.65. The molecule has 0 bridgehead atoms. The van der Waals surface area contributed by atoms with E-state index in [1.165, 1.54) is 23.0 Å². The number of carbonyl (C=O) groups excluding carboxylic acids is 1. The van der Waals surface area contributed by atoms with E-state index in [1.807, 2.05) is 18.2 Å². The summed E-state index contributed by atoms with van der Waals surface area (Å²) in [7, 11) is 0. The summed E-state index contributed by atoms with van der Waals surface area (Å²) in [5.41, 5.74) is 1.14. The largest absolute Gasteiger partial charge is 0.353 e. The fraction of sp³-hybridized carbons (Fsp3) is 0.318. The molecule has 2 heterocycles. The van der Waals surface area contributed by atoms with Crippen LogP contribution in [0.1, 0.15) is 24.4 Å². The average molecular weight is 394 g/mol. The summed E-state index contributed by atoms with van der Waals surface area (Å²) < 4.78 is 14.7. The number of hydrogen-bond donors (Lipinski definition) is 1. The summed E-state index contributed by atoms with van der Waals surface area (Å²) in [6, 6.07) is 14.1. The Kier molecular flexibility index (Phi) is 5.67. The molecule has 3 aromatic rings. The van der Waals surface area contributed by atoms with Gasteiger partial charge in [-0.2, -0.15) is 0 Å². The monoisotopic (exact) mass is 394 g/mol. The fourth-order valence-corrected chi connectivity index (χ4v) is 3.85. The Hall–Kier alpha value is -3.06. The number of carbonyl (C=O) groups is 1. The number of amides is 1. The number of hydrogen-bond acceptors (Lipinski definition) is 4. The molecule has 2 aromatic carbocycles. The third-order valence-electron chi connectivity index (χ3n) is 5.36. The summed E-state index contributed by atoms with van der Waals surface area (Å²) in [5, 5.41) is 3.12. The molecule has 150 valence electrons. The zero-order chi connectivity index (χ0) is 20.2. The van der Waals surface area contributed by atoms with Crippen LogP contribution in [-0.2, 0) is 11.3 Å². The number of fused-ring (bicyclic) bond motifs is 1. The second-order valence-electron chi connectivity index (χ2n) is 7.31. The van der Waals surface area contributed by atoms with Gasteiger partial charge < -0.3 is 5.32 Å². The summed E-state index contributed by atoms with van der Waals surface area (Å²) in [5.74, 6) is -0.778. The van der Waals surface area contributed by atoms with Gasteiger partial charge in [-0.3, -0.25) is 19.1 Å². The Bertz CT molecular complexity index is 1060. The topological polar surface area (TPSA) is 67.2 Å². The van der Waals surface area contributed by atoms with Crippen LogP contribution in [0.15, 0.2) is 59.7 Å². The van der Waals surface area contributed by atoms with Gasteiger partial charge in [0.25, 0.3) is 5.56 Å². The average Bonchev–Trinajstić information content (AvgIpc) is 3.26. The molecule has 1 atom stereocenters. The molecular formula is C22H23FN4O2. The van der Waals surface area contributed by atoms with E-state index < -0.39 is 11.4 Å². The Morgan fingerprint density at radius 1 is 1.14 bits per heavy atom. The minimum Gasteiger partial charge on any atom is -0.353 e. The molecule has 4 rings (SSSR count). The normalized spacial score (nSPS) is 15.5. The van der Waals surface area contributed by atoms with Crippen LogP contribution in [0.2, 0.25) is 0 Å². The fourth-order valence-electron chi connectivity index (χ4n) is 3.85. The first-order valence-corrected chi connectivity index (χ1v) is 9.82. The molecule has 1 amide bonds. The third-order valence-corrected chi connectivity index (χ3v) is 5.36. The Morgan fingerprint density at radius 2 is 1.90 bits per heavy atom. The zero-order valence-corrected chi connectivity index (χ0v) is 16.1. The van der Waals surface area contributed by atoms with Crippen molar-refractivity contribution in [3.63, 3.8) is 0 Å². The SMILES string of the molecule is O=C(Cn1cnc2ccc(F)cc2c1=O)NCC(c1ccccc1)N1CCCC1. The van der Waals surface area contributed by atoms with E-state index in [0.29, 0.717) is 12.1 Å². The van der Waals surface area contributed by atoms with Gasteiger partial charge in [-0.05, 0) is 49.7 Å². The first-order chi connectivity index (χ1) is 14.1. The third kappa shape index (κ3) is 4.35. The van der Waals surface area contributed by atoms with E-state index >= 15 is 0 Å². The minimum absolute atomic E-state index is 0.100. The van der Waals surface area contributed by atoms with Crippen molar-refractivity contribution in [2.24, 2.45) is 0 Å². The molecular weight excluding hydrogens is 371 g/mol. The van der Waals surface area contributed by atoms with Gasteiger partial charge in [-0.15, -0.1) is 0 Å². The van der Waals surface area contributed by atoms with Crippen LogP contribution in [-0.4, -0.2) is 40.0 Å². The number of likely N-dealkylation sites (tertiary alicyclic amines) is 1. The number of halogens is 1. The second kappa shape index (κ2) is 8.53. The van der Waals surface area contributed by atoms with Crippen molar-refractivity contribution in [3.05, 3.63) is 76.6 Å². The summed E-state index contributed by atoms with van der Waals surface area (Å²) >= 11 is 0. The van der Waals surface area contributed by atoms with Gasteiger partial charge in [-0.1, -0.05) is 30.3 Å². The van der Waals surface area contributed by atoms with Crippen LogP contribution in [0.3, 0.4) is 0 Å². The van der Waals surface area contributed by atoms with Crippen molar-refractivity contribution in [1.29, 1.82) is 0 Å². The minimum atomic E-state index is -0.505. The molecule has 6 nitrogen and oxygen atoms in total. The smallest absolute Gasteiger partial charge is 0.261 e. The van der Waals surface area contributed by atoms with Crippen molar-refractivity contribution >= 4 is 16.8 Å². The molecule has 1 fully saturated rings. The van der Waals surface area contributed by atoms with Gasteiger partial charge >= 0.3 is 0 Å². The Morgan fingerprint density at radius 3 is 2.66 bits per heavy atom. The highest BCUT2D eigenvalue weighted by Crippen LogP contribution is 2.24. The van der Waals surface area contributed by atoms with E-state index in [0.717, 1.165) is 37.6 Å². The van der Waals surface area contributed by atoms with Crippen LogP contribution in [0.25, 0.3) is 10.9 Å². The van der Waals surface area contributed by atoms with Crippen LogP contribution >= 0.6 is 0 Å². The number of nitrogens with one attached hydrogen (secondary N) is 1. The molecule has 1 saturated heterocycles. The molecule has 0 spiro atoms. The van der Waals surface area contributed by atoms with Crippen LogP contribution in [0, 0.1) is 5.82 Å². The molecule has 7 heteroatoms.